The molecule has 1 aromatic carbocycles. The molecule has 1 aliphatic carbocycles. The van der Waals surface area contributed by atoms with Crippen LogP contribution in [0.15, 0.2) is 39.7 Å². The molecule has 1 aromatic heterocycles. The Morgan fingerprint density at radius 2 is 1.96 bits per heavy atom. The van der Waals surface area contributed by atoms with Crippen molar-refractivity contribution < 1.29 is 9.18 Å². The maximum absolute atomic E-state index is 13.5. The van der Waals surface area contributed by atoms with E-state index in [1.54, 1.807) is 25.3 Å². The highest BCUT2D eigenvalue weighted by Crippen LogP contribution is 2.26. The molecular weight excluding hydrogens is 411 g/mol. The Balaban J connectivity index is 1.87. The predicted octanol–water partition coefficient (Wildman–Crippen LogP) is 5.02. The summed E-state index contributed by atoms with van der Waals surface area (Å²) < 4.78 is 15.7. The first-order chi connectivity index (χ1) is 13.0. The van der Waals surface area contributed by atoms with E-state index in [0.29, 0.717) is 16.8 Å². The average molecular weight is 435 g/mol. The summed E-state index contributed by atoms with van der Waals surface area (Å²) in [5.74, 6) is -0.455. The fraction of sp³-hybridized carbons (Fsp3) is 0.429. The lowest BCUT2D eigenvalue weighted by Crippen LogP contribution is -2.30. The van der Waals surface area contributed by atoms with Gasteiger partial charge in [-0.3, -0.25) is 9.59 Å². The molecule has 4 nitrogen and oxygen atoms in total. The quantitative estimate of drug-likeness (QED) is 0.686. The fourth-order valence-corrected chi connectivity index (χ4v) is 4.02. The smallest absolute Gasteiger partial charge is 0.274 e. The summed E-state index contributed by atoms with van der Waals surface area (Å²) in [4.78, 5) is 25.7. The van der Waals surface area contributed by atoms with Crippen molar-refractivity contribution in [2.75, 3.05) is 5.32 Å². The Kier molecular flexibility index (Phi) is 6.47. The number of nitrogens with zero attached hydrogens (tertiary/aromatic N) is 1. The minimum Gasteiger partial charge on any atom is -0.321 e. The minimum absolute atomic E-state index is 0.0399. The van der Waals surface area contributed by atoms with Gasteiger partial charge in [-0.15, -0.1) is 0 Å². The van der Waals surface area contributed by atoms with Gasteiger partial charge in [0.25, 0.3) is 5.56 Å². The van der Waals surface area contributed by atoms with Crippen molar-refractivity contribution in [3.8, 4) is 0 Å². The lowest BCUT2D eigenvalue weighted by Gasteiger charge is -2.17. The molecule has 0 aliphatic heterocycles. The van der Waals surface area contributed by atoms with Crippen molar-refractivity contribution in [3.05, 3.63) is 62.2 Å². The van der Waals surface area contributed by atoms with Gasteiger partial charge in [0.05, 0.1) is 6.54 Å². The van der Waals surface area contributed by atoms with Crippen LogP contribution in [0.5, 0.6) is 0 Å². The summed E-state index contributed by atoms with van der Waals surface area (Å²) in [5.41, 5.74) is 1.42. The third kappa shape index (κ3) is 4.86. The first-order valence-electron chi connectivity index (χ1n) is 9.40. The lowest BCUT2D eigenvalue weighted by atomic mass is 9.99. The van der Waals surface area contributed by atoms with Crippen LogP contribution in [0.2, 0.25) is 0 Å². The van der Waals surface area contributed by atoms with Crippen molar-refractivity contribution in [2.24, 2.45) is 5.92 Å². The Labute approximate surface area is 166 Å². The SMILES string of the molecule is Cc1c(Br)cn(Cc2cccc(F)c2)c(=O)c1NC(=O)C1CCCCCC1. The maximum atomic E-state index is 13.5. The van der Waals surface area contributed by atoms with Gasteiger partial charge in [-0.2, -0.15) is 0 Å². The van der Waals surface area contributed by atoms with Gasteiger partial charge in [0.2, 0.25) is 5.91 Å². The number of anilines is 1. The molecule has 6 heteroatoms. The molecule has 1 aliphatic rings. The van der Waals surface area contributed by atoms with Crippen molar-refractivity contribution in [1.29, 1.82) is 0 Å². The number of hydrogen-bond donors (Lipinski definition) is 1. The zero-order valence-corrected chi connectivity index (χ0v) is 17.0. The van der Waals surface area contributed by atoms with Gasteiger partial charge in [-0.25, -0.2) is 4.39 Å². The molecule has 144 valence electrons. The lowest BCUT2D eigenvalue weighted by molar-refractivity contribution is -0.120. The summed E-state index contributed by atoms with van der Waals surface area (Å²) >= 11 is 3.47. The average Bonchev–Trinajstić information content (AvgIpc) is 2.93. The molecule has 1 amide bonds. The summed E-state index contributed by atoms with van der Waals surface area (Å²) in [6.45, 7) is 2.04. The van der Waals surface area contributed by atoms with Gasteiger partial charge in [-0.1, -0.05) is 37.8 Å². The van der Waals surface area contributed by atoms with E-state index in [0.717, 1.165) is 30.2 Å². The molecule has 1 saturated carbocycles. The van der Waals surface area contributed by atoms with E-state index in [1.807, 2.05) is 0 Å². The van der Waals surface area contributed by atoms with Crippen LogP contribution in [0, 0.1) is 18.7 Å². The molecule has 27 heavy (non-hydrogen) atoms. The number of aromatic nitrogens is 1. The molecule has 0 radical (unpaired) electrons. The monoisotopic (exact) mass is 434 g/mol. The van der Waals surface area contributed by atoms with E-state index < -0.39 is 0 Å². The second kappa shape index (κ2) is 8.83. The molecule has 3 rings (SSSR count). The first-order valence-corrected chi connectivity index (χ1v) is 10.2. The molecule has 1 fully saturated rings. The van der Waals surface area contributed by atoms with Crippen LogP contribution in [0.25, 0.3) is 0 Å². The largest absolute Gasteiger partial charge is 0.321 e. The highest BCUT2D eigenvalue weighted by atomic mass is 79.9. The van der Waals surface area contributed by atoms with E-state index in [4.69, 9.17) is 0 Å². The molecule has 0 saturated heterocycles. The number of benzene rings is 1. The number of halogens is 2. The molecule has 0 spiro atoms. The number of hydrogen-bond acceptors (Lipinski definition) is 2. The normalized spacial score (nSPS) is 15.4. The fourth-order valence-electron chi connectivity index (χ4n) is 3.58. The highest BCUT2D eigenvalue weighted by Gasteiger charge is 2.22. The van der Waals surface area contributed by atoms with E-state index in [2.05, 4.69) is 21.2 Å². The van der Waals surface area contributed by atoms with Crippen LogP contribution in [0.3, 0.4) is 0 Å². The number of amides is 1. The van der Waals surface area contributed by atoms with E-state index in [9.17, 15) is 14.0 Å². The van der Waals surface area contributed by atoms with Crippen LogP contribution in [-0.2, 0) is 11.3 Å². The molecule has 0 atom stereocenters. The van der Waals surface area contributed by atoms with Crippen LogP contribution in [0.1, 0.15) is 49.7 Å². The van der Waals surface area contributed by atoms with Crippen molar-refractivity contribution >= 4 is 27.5 Å². The van der Waals surface area contributed by atoms with Gasteiger partial charge in [-0.05, 0) is 59.0 Å². The van der Waals surface area contributed by atoms with Gasteiger partial charge in [0.1, 0.15) is 11.5 Å². The van der Waals surface area contributed by atoms with Crippen LogP contribution in [-0.4, -0.2) is 10.5 Å². The number of pyridine rings is 1. The zero-order valence-electron chi connectivity index (χ0n) is 15.4. The number of carbonyl (C=O) groups excluding carboxylic acids is 1. The van der Waals surface area contributed by atoms with Gasteiger partial charge in [0.15, 0.2) is 0 Å². The molecule has 1 heterocycles. The zero-order chi connectivity index (χ0) is 19.4. The van der Waals surface area contributed by atoms with Gasteiger partial charge < -0.3 is 9.88 Å². The Hall–Kier alpha value is -1.95. The maximum Gasteiger partial charge on any atom is 0.274 e. The van der Waals surface area contributed by atoms with Crippen molar-refractivity contribution in [2.45, 2.75) is 52.0 Å². The Morgan fingerprint density at radius 3 is 2.63 bits per heavy atom. The third-order valence-electron chi connectivity index (χ3n) is 5.19. The van der Waals surface area contributed by atoms with Crippen LogP contribution in [0.4, 0.5) is 10.1 Å². The van der Waals surface area contributed by atoms with Crippen molar-refractivity contribution in [3.63, 3.8) is 0 Å². The second-order valence-electron chi connectivity index (χ2n) is 7.22. The van der Waals surface area contributed by atoms with Gasteiger partial charge >= 0.3 is 0 Å². The van der Waals surface area contributed by atoms with Crippen LogP contribution < -0.4 is 10.9 Å². The number of nitrogens with one attached hydrogen (secondary N) is 1. The van der Waals surface area contributed by atoms with E-state index >= 15 is 0 Å². The summed E-state index contributed by atoms with van der Waals surface area (Å²) in [7, 11) is 0. The predicted molar refractivity (Wildman–Crippen MR) is 108 cm³/mol. The molecule has 1 N–H and O–H groups in total. The summed E-state index contributed by atoms with van der Waals surface area (Å²) in [5, 5.41) is 2.88. The summed E-state index contributed by atoms with van der Waals surface area (Å²) in [6.07, 6.45) is 7.87. The molecular formula is C21H24BrFN2O2. The molecule has 0 unspecified atom stereocenters. The Bertz CT molecular complexity index is 886. The summed E-state index contributed by atoms with van der Waals surface area (Å²) in [6, 6.07) is 6.17. The minimum atomic E-state index is -0.339. The third-order valence-corrected chi connectivity index (χ3v) is 5.99. The van der Waals surface area contributed by atoms with Crippen LogP contribution >= 0.6 is 15.9 Å². The van der Waals surface area contributed by atoms with E-state index in [1.165, 1.54) is 29.5 Å². The second-order valence-corrected chi connectivity index (χ2v) is 8.07. The first kappa shape index (κ1) is 19.8. The number of rotatable bonds is 4. The molecule has 2 aromatic rings. The highest BCUT2D eigenvalue weighted by molar-refractivity contribution is 9.10. The number of carbonyl (C=O) groups is 1. The standard InChI is InChI=1S/C21H24BrFN2O2/c1-14-18(22)13-25(12-15-7-6-10-17(23)11-15)21(27)19(14)24-20(26)16-8-4-2-3-5-9-16/h6-7,10-11,13,16H,2-5,8-9,12H2,1H3,(H,24,26). The topological polar surface area (TPSA) is 51.1 Å². The van der Waals surface area contributed by atoms with E-state index in [-0.39, 0.29) is 29.7 Å². The van der Waals surface area contributed by atoms with Crippen molar-refractivity contribution in [1.82, 2.24) is 4.57 Å². The molecule has 0 bridgehead atoms. The Morgan fingerprint density at radius 1 is 1.26 bits per heavy atom. The van der Waals surface area contributed by atoms with Gasteiger partial charge in [0, 0.05) is 16.6 Å².